The number of aryl methyl sites for hydroxylation is 1. The largest absolute Gasteiger partial charge is 0.481 e. The molecule has 0 radical (unpaired) electrons. The molecule has 3 aromatic carbocycles. The predicted octanol–water partition coefficient (Wildman–Crippen LogP) is 5.34. The van der Waals surface area contributed by atoms with Gasteiger partial charge in [0.15, 0.2) is 0 Å². The Morgan fingerprint density at radius 2 is 1.60 bits per heavy atom. The summed E-state index contributed by atoms with van der Waals surface area (Å²) in [5.41, 5.74) is 6.32. The average molecular weight is 473 g/mol. The van der Waals surface area contributed by atoms with Gasteiger partial charge in [-0.15, -0.1) is 0 Å². The Morgan fingerprint density at radius 1 is 0.971 bits per heavy atom. The maximum absolute atomic E-state index is 12.6. The number of amides is 2. The minimum atomic E-state index is -0.898. The molecule has 1 atom stereocenters. The number of aliphatic carboxylic acids is 1. The summed E-state index contributed by atoms with van der Waals surface area (Å²) >= 11 is 0. The Bertz CT molecular complexity index is 1220. The first-order valence-electron chi connectivity index (χ1n) is 11.6. The number of carboxylic acids is 1. The van der Waals surface area contributed by atoms with Crippen LogP contribution in [0.4, 0.5) is 10.5 Å². The minimum absolute atomic E-state index is 0.0104. The first kappa shape index (κ1) is 24.0. The fraction of sp³-hybridized carbons (Fsp3) is 0.250. The summed E-state index contributed by atoms with van der Waals surface area (Å²) in [6, 6.07) is 21.0. The van der Waals surface area contributed by atoms with Crippen LogP contribution in [0.5, 0.6) is 0 Å². The van der Waals surface area contributed by atoms with Crippen LogP contribution in [0.3, 0.4) is 0 Å². The Morgan fingerprint density at radius 3 is 2.20 bits per heavy atom. The SMILES string of the molecule is Cc1cc(C(=O)NC(C)CCC(=O)O)ccc1NC(=O)OCC1c2ccccc2-c2ccccc21. The van der Waals surface area contributed by atoms with E-state index in [1.807, 2.05) is 24.3 Å². The van der Waals surface area contributed by atoms with Crippen molar-refractivity contribution in [1.29, 1.82) is 0 Å². The van der Waals surface area contributed by atoms with Gasteiger partial charge in [0, 0.05) is 29.6 Å². The second kappa shape index (κ2) is 10.4. The molecule has 1 unspecified atom stereocenters. The highest BCUT2D eigenvalue weighted by atomic mass is 16.5. The zero-order chi connectivity index (χ0) is 24.9. The van der Waals surface area contributed by atoms with Crippen molar-refractivity contribution in [3.05, 3.63) is 89.0 Å². The molecule has 0 spiro atoms. The molecule has 1 aliphatic rings. The maximum Gasteiger partial charge on any atom is 0.411 e. The summed E-state index contributed by atoms with van der Waals surface area (Å²) in [6.07, 6.45) is -0.222. The van der Waals surface area contributed by atoms with Crippen LogP contribution < -0.4 is 10.6 Å². The van der Waals surface area contributed by atoms with Crippen molar-refractivity contribution < 1.29 is 24.2 Å². The van der Waals surface area contributed by atoms with E-state index in [0.29, 0.717) is 23.2 Å². The van der Waals surface area contributed by atoms with Gasteiger partial charge >= 0.3 is 12.1 Å². The van der Waals surface area contributed by atoms with Crippen LogP contribution in [0.1, 0.15) is 52.7 Å². The number of ether oxygens (including phenoxy) is 1. The lowest BCUT2D eigenvalue weighted by atomic mass is 9.98. The van der Waals surface area contributed by atoms with Crippen molar-refractivity contribution >= 4 is 23.7 Å². The summed E-state index contributed by atoms with van der Waals surface area (Å²) in [5, 5.41) is 14.3. The molecule has 7 heteroatoms. The van der Waals surface area contributed by atoms with E-state index in [-0.39, 0.29) is 30.9 Å². The summed E-state index contributed by atoms with van der Waals surface area (Å²) in [5.74, 6) is -1.22. The lowest BCUT2D eigenvalue weighted by Gasteiger charge is -2.16. The third-order valence-electron chi connectivity index (χ3n) is 6.24. The number of hydrogen-bond donors (Lipinski definition) is 3. The number of anilines is 1. The number of nitrogens with one attached hydrogen (secondary N) is 2. The van der Waals surface area contributed by atoms with Gasteiger partial charge in [-0.3, -0.25) is 14.9 Å². The number of benzene rings is 3. The lowest BCUT2D eigenvalue weighted by molar-refractivity contribution is -0.137. The molecule has 0 aromatic heterocycles. The Kier molecular flexibility index (Phi) is 7.15. The van der Waals surface area contributed by atoms with E-state index < -0.39 is 12.1 Å². The molecule has 2 amide bonds. The topological polar surface area (TPSA) is 105 Å². The fourth-order valence-corrected chi connectivity index (χ4v) is 4.41. The highest BCUT2D eigenvalue weighted by Gasteiger charge is 2.29. The molecule has 0 saturated carbocycles. The van der Waals surface area contributed by atoms with E-state index in [1.165, 1.54) is 11.1 Å². The Labute approximate surface area is 204 Å². The van der Waals surface area contributed by atoms with Gasteiger partial charge in [-0.1, -0.05) is 48.5 Å². The highest BCUT2D eigenvalue weighted by Crippen LogP contribution is 2.44. The van der Waals surface area contributed by atoms with Crippen molar-refractivity contribution in [2.45, 2.75) is 38.6 Å². The Balaban J connectivity index is 1.36. The summed E-state index contributed by atoms with van der Waals surface area (Å²) in [6.45, 7) is 3.78. The van der Waals surface area contributed by atoms with E-state index in [4.69, 9.17) is 9.84 Å². The van der Waals surface area contributed by atoms with Gasteiger partial charge in [0.1, 0.15) is 6.61 Å². The maximum atomic E-state index is 12.6. The molecule has 0 heterocycles. The van der Waals surface area contributed by atoms with Crippen molar-refractivity contribution in [1.82, 2.24) is 5.32 Å². The summed E-state index contributed by atoms with van der Waals surface area (Å²) in [7, 11) is 0. The van der Waals surface area contributed by atoms with Crippen LogP contribution in [-0.2, 0) is 9.53 Å². The molecule has 3 aromatic rings. The highest BCUT2D eigenvalue weighted by molar-refractivity contribution is 5.96. The van der Waals surface area contributed by atoms with Crippen LogP contribution in [-0.4, -0.2) is 35.7 Å². The van der Waals surface area contributed by atoms with Crippen molar-refractivity contribution in [3.63, 3.8) is 0 Å². The standard InChI is InChI=1S/C28H28N2O5/c1-17-15-19(27(33)29-18(2)11-14-26(31)32)12-13-25(17)30-28(34)35-16-24-22-9-5-3-7-20(22)21-8-4-6-10-23(21)24/h3-10,12-13,15,18,24H,11,14,16H2,1-2H3,(H,29,33)(H,30,34)(H,31,32). The van der Waals surface area contributed by atoms with Crippen LogP contribution >= 0.6 is 0 Å². The zero-order valence-electron chi connectivity index (χ0n) is 19.7. The van der Waals surface area contributed by atoms with Crippen molar-refractivity contribution in [3.8, 4) is 11.1 Å². The van der Waals surface area contributed by atoms with Crippen LogP contribution in [0, 0.1) is 6.92 Å². The van der Waals surface area contributed by atoms with E-state index in [9.17, 15) is 14.4 Å². The number of carbonyl (C=O) groups is 3. The number of carboxylic acid groups (broad SMARTS) is 1. The molecule has 0 bridgehead atoms. The number of carbonyl (C=O) groups excluding carboxylic acids is 2. The fourth-order valence-electron chi connectivity index (χ4n) is 4.41. The van der Waals surface area contributed by atoms with Gasteiger partial charge < -0.3 is 15.2 Å². The van der Waals surface area contributed by atoms with E-state index in [0.717, 1.165) is 11.1 Å². The first-order valence-corrected chi connectivity index (χ1v) is 11.6. The molecular formula is C28H28N2O5. The molecule has 7 nitrogen and oxygen atoms in total. The minimum Gasteiger partial charge on any atom is -0.481 e. The monoisotopic (exact) mass is 472 g/mol. The molecule has 0 saturated heterocycles. The Hall–Kier alpha value is -4.13. The van der Waals surface area contributed by atoms with Gasteiger partial charge in [-0.05, 0) is 66.3 Å². The smallest absolute Gasteiger partial charge is 0.411 e. The predicted molar refractivity (Wildman–Crippen MR) is 134 cm³/mol. The second-order valence-corrected chi connectivity index (χ2v) is 8.79. The molecule has 35 heavy (non-hydrogen) atoms. The molecular weight excluding hydrogens is 444 g/mol. The number of rotatable bonds is 8. The quantitative estimate of drug-likeness (QED) is 0.411. The van der Waals surface area contributed by atoms with Crippen molar-refractivity contribution in [2.24, 2.45) is 0 Å². The van der Waals surface area contributed by atoms with Gasteiger partial charge in [0.25, 0.3) is 5.91 Å². The average Bonchev–Trinajstić information content (AvgIpc) is 3.16. The third kappa shape index (κ3) is 5.51. The molecule has 0 aliphatic heterocycles. The zero-order valence-corrected chi connectivity index (χ0v) is 19.7. The van der Waals surface area contributed by atoms with Gasteiger partial charge in [-0.25, -0.2) is 4.79 Å². The lowest BCUT2D eigenvalue weighted by Crippen LogP contribution is -2.33. The number of hydrogen-bond acceptors (Lipinski definition) is 4. The van der Waals surface area contributed by atoms with E-state index in [2.05, 4.69) is 34.9 Å². The molecule has 4 rings (SSSR count). The second-order valence-electron chi connectivity index (χ2n) is 8.79. The molecule has 3 N–H and O–H groups in total. The normalized spacial score (nSPS) is 12.9. The molecule has 180 valence electrons. The van der Waals surface area contributed by atoms with Crippen LogP contribution in [0.15, 0.2) is 66.7 Å². The third-order valence-corrected chi connectivity index (χ3v) is 6.24. The first-order chi connectivity index (χ1) is 16.8. The van der Waals surface area contributed by atoms with Gasteiger partial charge in [-0.2, -0.15) is 0 Å². The molecule has 1 aliphatic carbocycles. The van der Waals surface area contributed by atoms with Crippen LogP contribution in [0.25, 0.3) is 11.1 Å². The van der Waals surface area contributed by atoms with E-state index >= 15 is 0 Å². The molecule has 0 fully saturated rings. The number of fused-ring (bicyclic) bond motifs is 3. The van der Waals surface area contributed by atoms with E-state index in [1.54, 1.807) is 32.0 Å². The van der Waals surface area contributed by atoms with Gasteiger partial charge in [0.05, 0.1) is 0 Å². The van der Waals surface area contributed by atoms with Crippen LogP contribution in [0.2, 0.25) is 0 Å². The summed E-state index contributed by atoms with van der Waals surface area (Å²) < 4.78 is 5.60. The van der Waals surface area contributed by atoms with Crippen molar-refractivity contribution in [2.75, 3.05) is 11.9 Å². The summed E-state index contributed by atoms with van der Waals surface area (Å²) in [4.78, 5) is 35.7. The van der Waals surface area contributed by atoms with Gasteiger partial charge in [0.2, 0.25) is 0 Å².